The molecule has 1 aromatic carbocycles. The molecule has 1 aliphatic carbocycles. The largest absolute Gasteiger partial charge is 0.392 e. The van der Waals surface area contributed by atoms with Crippen molar-refractivity contribution < 1.29 is 9.90 Å². The van der Waals surface area contributed by atoms with Crippen molar-refractivity contribution in [3.05, 3.63) is 35.4 Å². The molecule has 2 nitrogen and oxygen atoms in total. The average molecular weight is 162 g/mol. The highest BCUT2D eigenvalue weighted by Gasteiger charge is 2.37. The fourth-order valence-corrected chi connectivity index (χ4v) is 1.47. The summed E-state index contributed by atoms with van der Waals surface area (Å²) in [6.07, 6.45) is 1.41. The fraction of sp³-hybridized carbons (Fsp3) is 0.300. The monoisotopic (exact) mass is 162 g/mol. The third-order valence-corrected chi connectivity index (χ3v) is 2.28. The van der Waals surface area contributed by atoms with E-state index in [9.17, 15) is 9.90 Å². The van der Waals surface area contributed by atoms with Crippen molar-refractivity contribution in [2.24, 2.45) is 0 Å². The summed E-state index contributed by atoms with van der Waals surface area (Å²) in [5.74, 6) is 0.200. The van der Waals surface area contributed by atoms with Gasteiger partial charge < -0.3 is 5.11 Å². The van der Waals surface area contributed by atoms with Crippen LogP contribution in [0.4, 0.5) is 0 Å². The number of carbonyl (C=O) groups is 1. The highest BCUT2D eigenvalue weighted by Crippen LogP contribution is 2.41. The molecule has 1 fully saturated rings. The molecule has 0 radical (unpaired) electrons. The van der Waals surface area contributed by atoms with E-state index >= 15 is 0 Å². The third-order valence-electron chi connectivity index (χ3n) is 2.28. The van der Waals surface area contributed by atoms with Crippen LogP contribution in [-0.4, -0.2) is 17.5 Å². The average Bonchev–Trinajstić information content (AvgIpc) is 2.83. The van der Waals surface area contributed by atoms with Gasteiger partial charge in [0.2, 0.25) is 0 Å². The van der Waals surface area contributed by atoms with Gasteiger partial charge in [-0.25, -0.2) is 0 Å². The second-order valence-corrected chi connectivity index (χ2v) is 3.16. The summed E-state index contributed by atoms with van der Waals surface area (Å²) >= 11 is 0. The normalized spacial score (nSPS) is 26.8. The number of aldehydes is 1. The number of rotatable bonds is 2. The molecule has 1 N–H and O–H groups in total. The molecule has 12 heavy (non-hydrogen) atoms. The van der Waals surface area contributed by atoms with Crippen molar-refractivity contribution in [1.82, 2.24) is 0 Å². The number of carbonyl (C=O) groups excluding carboxylic acids is 1. The van der Waals surface area contributed by atoms with Crippen LogP contribution in [0, 0.1) is 0 Å². The van der Waals surface area contributed by atoms with E-state index in [1.54, 1.807) is 6.07 Å². The first kappa shape index (κ1) is 7.50. The van der Waals surface area contributed by atoms with Crippen LogP contribution in [0.5, 0.6) is 0 Å². The van der Waals surface area contributed by atoms with Crippen molar-refractivity contribution >= 4 is 6.29 Å². The van der Waals surface area contributed by atoms with Crippen molar-refractivity contribution in [2.45, 2.75) is 18.4 Å². The van der Waals surface area contributed by atoms with E-state index in [4.69, 9.17) is 0 Å². The predicted molar refractivity (Wildman–Crippen MR) is 45.2 cm³/mol. The molecule has 2 rings (SSSR count). The topological polar surface area (TPSA) is 37.3 Å². The highest BCUT2D eigenvalue weighted by molar-refractivity contribution is 5.77. The molecule has 0 spiro atoms. The van der Waals surface area contributed by atoms with Crippen LogP contribution in [0.2, 0.25) is 0 Å². The van der Waals surface area contributed by atoms with Gasteiger partial charge in [0.05, 0.1) is 6.10 Å². The maximum Gasteiger partial charge on any atom is 0.150 e. The molecule has 62 valence electrons. The number of hydrogen-bond acceptors (Lipinski definition) is 2. The zero-order valence-corrected chi connectivity index (χ0v) is 6.60. The molecule has 0 bridgehead atoms. The molecule has 0 amide bonds. The molecule has 2 atom stereocenters. The van der Waals surface area contributed by atoms with Gasteiger partial charge in [-0.15, -0.1) is 0 Å². The lowest BCUT2D eigenvalue weighted by Gasteiger charge is -2.00. The van der Waals surface area contributed by atoms with Gasteiger partial charge in [-0.3, -0.25) is 4.79 Å². The van der Waals surface area contributed by atoms with Gasteiger partial charge in [-0.1, -0.05) is 24.3 Å². The maximum atomic E-state index is 10.6. The van der Waals surface area contributed by atoms with Crippen LogP contribution in [0.3, 0.4) is 0 Å². The molecule has 2 heteroatoms. The number of benzene rings is 1. The van der Waals surface area contributed by atoms with E-state index in [1.165, 1.54) is 0 Å². The minimum absolute atomic E-state index is 0.200. The number of hydrogen-bond donors (Lipinski definition) is 1. The van der Waals surface area contributed by atoms with E-state index in [0.29, 0.717) is 5.56 Å². The van der Waals surface area contributed by atoms with Gasteiger partial charge in [0.15, 0.2) is 0 Å². The van der Waals surface area contributed by atoms with Crippen molar-refractivity contribution in [1.29, 1.82) is 0 Å². The van der Waals surface area contributed by atoms with Crippen LogP contribution in [0.15, 0.2) is 24.3 Å². The molecule has 1 aliphatic rings. The Morgan fingerprint density at radius 1 is 1.42 bits per heavy atom. The second kappa shape index (κ2) is 2.72. The molecular weight excluding hydrogens is 152 g/mol. The first-order chi connectivity index (χ1) is 5.83. The Morgan fingerprint density at radius 2 is 2.08 bits per heavy atom. The second-order valence-electron chi connectivity index (χ2n) is 3.16. The first-order valence-corrected chi connectivity index (χ1v) is 4.05. The van der Waals surface area contributed by atoms with E-state index in [0.717, 1.165) is 18.3 Å². The van der Waals surface area contributed by atoms with Gasteiger partial charge in [0.25, 0.3) is 0 Å². The minimum Gasteiger partial charge on any atom is -0.392 e. The standard InChI is InChI=1S/C10H10O2/c11-6-7-3-1-2-4-8(7)9-5-10(9)12/h1-4,6,9-10,12H,5H2. The summed E-state index contributed by atoms with van der Waals surface area (Å²) in [6, 6.07) is 7.42. The zero-order chi connectivity index (χ0) is 8.55. The van der Waals surface area contributed by atoms with Gasteiger partial charge in [-0.2, -0.15) is 0 Å². The molecule has 0 aromatic heterocycles. The zero-order valence-electron chi connectivity index (χ0n) is 6.60. The van der Waals surface area contributed by atoms with Crippen molar-refractivity contribution in [3.63, 3.8) is 0 Å². The van der Waals surface area contributed by atoms with Gasteiger partial charge in [0, 0.05) is 11.5 Å². The predicted octanol–water partition coefficient (Wildman–Crippen LogP) is 1.35. The van der Waals surface area contributed by atoms with Crippen LogP contribution in [0.25, 0.3) is 0 Å². The van der Waals surface area contributed by atoms with E-state index in [1.807, 2.05) is 18.2 Å². The lowest BCUT2D eigenvalue weighted by Crippen LogP contribution is -1.92. The lowest BCUT2D eigenvalue weighted by atomic mass is 10.0. The van der Waals surface area contributed by atoms with Crippen LogP contribution in [-0.2, 0) is 0 Å². The molecule has 0 heterocycles. The quantitative estimate of drug-likeness (QED) is 0.666. The van der Waals surface area contributed by atoms with Gasteiger partial charge in [0.1, 0.15) is 6.29 Å². The highest BCUT2D eigenvalue weighted by atomic mass is 16.3. The van der Waals surface area contributed by atoms with Crippen molar-refractivity contribution in [2.75, 3.05) is 0 Å². The van der Waals surface area contributed by atoms with E-state index in [2.05, 4.69) is 0 Å². The molecular formula is C10H10O2. The Bertz CT molecular complexity index is 306. The number of aliphatic hydroxyl groups excluding tert-OH is 1. The fourth-order valence-electron chi connectivity index (χ4n) is 1.47. The summed E-state index contributed by atoms with van der Waals surface area (Å²) < 4.78 is 0. The summed E-state index contributed by atoms with van der Waals surface area (Å²) in [5.41, 5.74) is 1.69. The number of aliphatic hydroxyl groups is 1. The summed E-state index contributed by atoms with van der Waals surface area (Å²) in [5, 5.41) is 9.18. The minimum atomic E-state index is -0.230. The van der Waals surface area contributed by atoms with Crippen molar-refractivity contribution in [3.8, 4) is 0 Å². The Kier molecular flexibility index (Phi) is 1.70. The summed E-state index contributed by atoms with van der Waals surface area (Å²) in [6.45, 7) is 0. The smallest absolute Gasteiger partial charge is 0.150 e. The Labute approximate surface area is 70.8 Å². The maximum absolute atomic E-state index is 10.6. The molecule has 1 aromatic rings. The Morgan fingerprint density at radius 3 is 2.67 bits per heavy atom. The van der Waals surface area contributed by atoms with Crippen LogP contribution in [0.1, 0.15) is 28.3 Å². The van der Waals surface area contributed by atoms with Gasteiger partial charge >= 0.3 is 0 Å². The molecule has 2 unspecified atom stereocenters. The summed E-state index contributed by atoms with van der Waals surface area (Å²) in [4.78, 5) is 10.6. The van der Waals surface area contributed by atoms with E-state index in [-0.39, 0.29) is 12.0 Å². The van der Waals surface area contributed by atoms with Gasteiger partial charge in [-0.05, 0) is 12.0 Å². The molecule has 0 saturated heterocycles. The Balaban J connectivity index is 2.35. The van der Waals surface area contributed by atoms with Crippen LogP contribution < -0.4 is 0 Å². The molecule has 1 saturated carbocycles. The Hall–Kier alpha value is -1.15. The van der Waals surface area contributed by atoms with E-state index < -0.39 is 0 Å². The first-order valence-electron chi connectivity index (χ1n) is 4.05. The SMILES string of the molecule is O=Cc1ccccc1C1CC1O. The lowest BCUT2D eigenvalue weighted by molar-refractivity contribution is 0.112. The van der Waals surface area contributed by atoms with Crippen LogP contribution >= 0.6 is 0 Å². The summed E-state index contributed by atoms with van der Waals surface area (Å²) in [7, 11) is 0. The molecule has 0 aliphatic heterocycles. The third kappa shape index (κ3) is 1.14.